The van der Waals surface area contributed by atoms with Crippen molar-refractivity contribution in [3.63, 3.8) is 0 Å². The highest BCUT2D eigenvalue weighted by Gasteiger charge is 2.26. The van der Waals surface area contributed by atoms with Crippen LogP contribution in [0.15, 0.2) is 24.5 Å². The third kappa shape index (κ3) is 1.71. The molecule has 1 aliphatic heterocycles. The molecule has 0 aliphatic carbocycles. The van der Waals surface area contributed by atoms with Crippen molar-refractivity contribution in [1.82, 2.24) is 15.6 Å². The summed E-state index contributed by atoms with van der Waals surface area (Å²) >= 11 is 0. The smallest absolute Gasteiger partial charge is 0.0385 e. The van der Waals surface area contributed by atoms with Crippen LogP contribution < -0.4 is 10.6 Å². The Morgan fingerprint density at radius 1 is 1.62 bits per heavy atom. The largest absolute Gasteiger partial charge is 0.316 e. The van der Waals surface area contributed by atoms with Crippen LogP contribution >= 0.6 is 0 Å². The average molecular weight is 177 g/mol. The van der Waals surface area contributed by atoms with Crippen molar-refractivity contribution in [2.75, 3.05) is 20.1 Å². The van der Waals surface area contributed by atoms with Gasteiger partial charge in [-0.15, -0.1) is 0 Å². The fourth-order valence-electron chi connectivity index (χ4n) is 1.78. The Morgan fingerprint density at radius 3 is 2.92 bits per heavy atom. The molecule has 70 valence electrons. The van der Waals surface area contributed by atoms with E-state index in [1.807, 2.05) is 25.5 Å². The van der Waals surface area contributed by atoms with Crippen LogP contribution in [0.4, 0.5) is 0 Å². The summed E-state index contributed by atoms with van der Waals surface area (Å²) in [5.41, 5.74) is 1.29. The molecule has 2 rings (SSSR count). The maximum absolute atomic E-state index is 4.13. The van der Waals surface area contributed by atoms with E-state index in [-0.39, 0.29) is 0 Å². The van der Waals surface area contributed by atoms with Crippen LogP contribution in [0.1, 0.15) is 11.6 Å². The summed E-state index contributed by atoms with van der Waals surface area (Å²) in [6, 6.07) is 4.58. The normalized spacial score (nSPS) is 19.5. The molecule has 1 saturated heterocycles. The molecule has 0 spiro atoms. The lowest BCUT2D eigenvalue weighted by atomic mass is 9.89. The van der Waals surface area contributed by atoms with E-state index in [1.165, 1.54) is 5.56 Å². The van der Waals surface area contributed by atoms with Gasteiger partial charge < -0.3 is 10.6 Å². The zero-order valence-electron chi connectivity index (χ0n) is 7.83. The van der Waals surface area contributed by atoms with Crippen molar-refractivity contribution >= 4 is 0 Å². The van der Waals surface area contributed by atoms with Crippen LogP contribution in [0.3, 0.4) is 0 Å². The molecule has 13 heavy (non-hydrogen) atoms. The van der Waals surface area contributed by atoms with Gasteiger partial charge in [0.25, 0.3) is 0 Å². The molecular formula is C10H15N3. The summed E-state index contributed by atoms with van der Waals surface area (Å²) in [5, 5.41) is 6.63. The van der Waals surface area contributed by atoms with Crippen LogP contribution in [-0.4, -0.2) is 25.1 Å². The minimum atomic E-state index is 0.454. The predicted octanol–water partition coefficient (Wildman–Crippen LogP) is 0.561. The van der Waals surface area contributed by atoms with Gasteiger partial charge in [-0.3, -0.25) is 4.98 Å². The fraction of sp³-hybridized carbons (Fsp3) is 0.500. The lowest BCUT2D eigenvalue weighted by Gasteiger charge is -2.34. The molecule has 1 aromatic rings. The molecule has 1 aromatic heterocycles. The van der Waals surface area contributed by atoms with Gasteiger partial charge in [-0.05, 0) is 18.7 Å². The highest BCUT2D eigenvalue weighted by molar-refractivity contribution is 5.16. The molecule has 3 nitrogen and oxygen atoms in total. The maximum atomic E-state index is 4.13. The first-order valence-corrected chi connectivity index (χ1v) is 4.69. The van der Waals surface area contributed by atoms with Crippen LogP contribution in [0.5, 0.6) is 0 Å². The van der Waals surface area contributed by atoms with Crippen molar-refractivity contribution in [1.29, 1.82) is 0 Å². The van der Waals surface area contributed by atoms with E-state index in [2.05, 4.69) is 21.7 Å². The van der Waals surface area contributed by atoms with Crippen molar-refractivity contribution in [2.45, 2.75) is 6.04 Å². The van der Waals surface area contributed by atoms with E-state index in [0.717, 1.165) is 13.1 Å². The molecule has 1 atom stereocenters. The number of hydrogen-bond acceptors (Lipinski definition) is 3. The monoisotopic (exact) mass is 177 g/mol. The Bertz CT molecular complexity index is 256. The molecule has 0 aromatic carbocycles. The lowest BCUT2D eigenvalue weighted by molar-refractivity contribution is 0.267. The molecule has 0 amide bonds. The first kappa shape index (κ1) is 8.66. The minimum absolute atomic E-state index is 0.454. The summed E-state index contributed by atoms with van der Waals surface area (Å²) in [6.07, 6.45) is 3.76. The number of aromatic nitrogens is 1. The molecule has 1 aliphatic rings. The fourth-order valence-corrected chi connectivity index (χ4v) is 1.78. The number of hydrogen-bond donors (Lipinski definition) is 2. The highest BCUT2D eigenvalue weighted by Crippen LogP contribution is 2.23. The molecule has 1 unspecified atom stereocenters. The summed E-state index contributed by atoms with van der Waals surface area (Å²) < 4.78 is 0. The van der Waals surface area contributed by atoms with Gasteiger partial charge in [0, 0.05) is 37.4 Å². The molecule has 2 N–H and O–H groups in total. The van der Waals surface area contributed by atoms with Crippen molar-refractivity contribution in [2.24, 2.45) is 5.92 Å². The molecule has 0 saturated carbocycles. The van der Waals surface area contributed by atoms with Crippen LogP contribution in [0.25, 0.3) is 0 Å². The predicted molar refractivity (Wildman–Crippen MR) is 52.4 cm³/mol. The second-order valence-corrected chi connectivity index (χ2v) is 3.47. The van der Waals surface area contributed by atoms with Gasteiger partial charge >= 0.3 is 0 Å². The Labute approximate surface area is 78.6 Å². The van der Waals surface area contributed by atoms with Crippen molar-refractivity contribution in [3.8, 4) is 0 Å². The van der Waals surface area contributed by atoms with Crippen molar-refractivity contribution in [3.05, 3.63) is 30.1 Å². The first-order valence-electron chi connectivity index (χ1n) is 4.69. The topological polar surface area (TPSA) is 37.0 Å². The summed E-state index contributed by atoms with van der Waals surface area (Å²) in [7, 11) is 2.01. The lowest BCUT2D eigenvalue weighted by Crippen LogP contribution is -2.48. The van der Waals surface area contributed by atoms with Gasteiger partial charge in [-0.25, -0.2) is 0 Å². The zero-order valence-corrected chi connectivity index (χ0v) is 7.83. The van der Waals surface area contributed by atoms with Gasteiger partial charge in [0.15, 0.2) is 0 Å². The standard InChI is InChI=1S/C10H15N3/c1-11-10(9-6-13-7-9)8-3-2-4-12-5-8/h2-5,9-11,13H,6-7H2,1H3. The Balaban J connectivity index is 2.12. The van der Waals surface area contributed by atoms with Gasteiger partial charge in [-0.2, -0.15) is 0 Å². The molecular weight excluding hydrogens is 162 g/mol. The van der Waals surface area contributed by atoms with Gasteiger partial charge in [0.1, 0.15) is 0 Å². The van der Waals surface area contributed by atoms with Gasteiger partial charge in [0.2, 0.25) is 0 Å². The van der Waals surface area contributed by atoms with Crippen molar-refractivity contribution < 1.29 is 0 Å². The average Bonchev–Trinajstić information content (AvgIpc) is 2.12. The van der Waals surface area contributed by atoms with Crippen LogP contribution in [-0.2, 0) is 0 Å². The number of rotatable bonds is 3. The van der Waals surface area contributed by atoms with Gasteiger partial charge in [0.05, 0.1) is 0 Å². The van der Waals surface area contributed by atoms with Crippen LogP contribution in [0.2, 0.25) is 0 Å². The highest BCUT2D eigenvalue weighted by atomic mass is 15.0. The number of nitrogens with one attached hydrogen (secondary N) is 2. The van der Waals surface area contributed by atoms with E-state index >= 15 is 0 Å². The Hall–Kier alpha value is -0.930. The quantitative estimate of drug-likeness (QED) is 0.708. The summed E-state index contributed by atoms with van der Waals surface area (Å²) in [6.45, 7) is 2.22. The molecule has 2 heterocycles. The molecule has 0 radical (unpaired) electrons. The summed E-state index contributed by atoms with van der Waals surface area (Å²) in [5.74, 6) is 0.717. The molecule has 0 bridgehead atoms. The van der Waals surface area contributed by atoms with E-state index in [4.69, 9.17) is 0 Å². The van der Waals surface area contributed by atoms with Crippen LogP contribution in [0, 0.1) is 5.92 Å². The van der Waals surface area contributed by atoms with E-state index in [9.17, 15) is 0 Å². The van der Waals surface area contributed by atoms with E-state index in [0.29, 0.717) is 12.0 Å². The second kappa shape index (κ2) is 3.85. The number of nitrogens with zero attached hydrogens (tertiary/aromatic N) is 1. The number of pyridine rings is 1. The SMILES string of the molecule is CNC(c1cccnc1)C1CNC1. The first-order chi connectivity index (χ1) is 6.42. The zero-order chi connectivity index (χ0) is 9.10. The minimum Gasteiger partial charge on any atom is -0.316 e. The second-order valence-electron chi connectivity index (χ2n) is 3.47. The van der Waals surface area contributed by atoms with E-state index < -0.39 is 0 Å². The molecule has 1 fully saturated rings. The Morgan fingerprint density at radius 2 is 2.46 bits per heavy atom. The summed E-state index contributed by atoms with van der Waals surface area (Å²) in [4.78, 5) is 4.13. The molecule has 3 heteroatoms. The third-order valence-electron chi connectivity index (χ3n) is 2.64. The Kier molecular flexibility index (Phi) is 2.57. The maximum Gasteiger partial charge on any atom is 0.0385 e. The van der Waals surface area contributed by atoms with Gasteiger partial charge in [-0.1, -0.05) is 6.07 Å². The van der Waals surface area contributed by atoms with E-state index in [1.54, 1.807) is 0 Å². The third-order valence-corrected chi connectivity index (χ3v) is 2.64.